The Bertz CT molecular complexity index is 578. The van der Waals surface area contributed by atoms with Crippen LogP contribution in [0, 0.1) is 17.8 Å². The van der Waals surface area contributed by atoms with Gasteiger partial charge in [0, 0.05) is 18.4 Å². The highest BCUT2D eigenvalue weighted by molar-refractivity contribution is 6.37. The van der Waals surface area contributed by atoms with E-state index in [1.54, 1.807) is 0 Å². The van der Waals surface area contributed by atoms with Gasteiger partial charge in [-0.25, -0.2) is 10.2 Å². The first-order chi connectivity index (χ1) is 11.5. The second kappa shape index (κ2) is 5.86. The molecule has 7 nitrogen and oxygen atoms in total. The number of esters is 1. The van der Waals surface area contributed by atoms with Crippen LogP contribution in [0.4, 0.5) is 0 Å². The molecule has 0 saturated heterocycles. The van der Waals surface area contributed by atoms with Gasteiger partial charge < -0.3 is 10.1 Å². The van der Waals surface area contributed by atoms with Crippen LogP contribution in [0.2, 0.25) is 0 Å². The zero-order valence-corrected chi connectivity index (χ0v) is 13.7. The Kier molecular flexibility index (Phi) is 3.81. The molecule has 130 valence electrons. The van der Waals surface area contributed by atoms with Gasteiger partial charge in [-0.15, -0.1) is 0 Å². The highest BCUT2D eigenvalue weighted by atomic mass is 16.5. The summed E-state index contributed by atoms with van der Waals surface area (Å²) in [5, 5.41) is 6.84. The van der Waals surface area contributed by atoms with Gasteiger partial charge in [0.05, 0.1) is 0 Å². The Morgan fingerprint density at radius 3 is 2.29 bits per heavy atom. The van der Waals surface area contributed by atoms with E-state index in [2.05, 4.69) is 15.8 Å². The number of hydrazone groups is 1. The Morgan fingerprint density at radius 2 is 1.75 bits per heavy atom. The number of hydrogen-bond acceptors (Lipinski definition) is 5. The zero-order chi connectivity index (χ0) is 16.7. The molecule has 2 N–H and O–H groups in total. The molecule has 1 aliphatic heterocycles. The number of nitrogens with zero attached hydrogens (tertiary/aromatic N) is 1. The van der Waals surface area contributed by atoms with Crippen molar-refractivity contribution in [1.82, 2.24) is 10.7 Å². The van der Waals surface area contributed by atoms with Crippen molar-refractivity contribution in [3.8, 4) is 0 Å². The zero-order valence-electron chi connectivity index (χ0n) is 13.7. The van der Waals surface area contributed by atoms with E-state index in [4.69, 9.17) is 4.74 Å². The van der Waals surface area contributed by atoms with Crippen LogP contribution in [0.3, 0.4) is 0 Å². The molecule has 0 aromatic rings. The van der Waals surface area contributed by atoms with Crippen LogP contribution < -0.4 is 10.7 Å². The van der Waals surface area contributed by atoms with Gasteiger partial charge in [0.2, 0.25) is 5.91 Å². The van der Waals surface area contributed by atoms with Crippen molar-refractivity contribution in [2.45, 2.75) is 56.9 Å². The van der Waals surface area contributed by atoms with Crippen LogP contribution >= 0.6 is 0 Å². The molecule has 0 unspecified atom stereocenters. The molecule has 4 aliphatic carbocycles. The second-order valence-electron chi connectivity index (χ2n) is 7.92. The van der Waals surface area contributed by atoms with Gasteiger partial charge in [0.25, 0.3) is 5.91 Å². The predicted molar refractivity (Wildman–Crippen MR) is 84.8 cm³/mol. The summed E-state index contributed by atoms with van der Waals surface area (Å²) in [6.07, 6.45) is 7.61. The highest BCUT2D eigenvalue weighted by Gasteiger charge is 2.51. The van der Waals surface area contributed by atoms with Gasteiger partial charge in [-0.3, -0.25) is 9.59 Å². The minimum Gasteiger partial charge on any atom is -0.451 e. The lowest BCUT2D eigenvalue weighted by atomic mass is 9.53. The fourth-order valence-electron chi connectivity index (χ4n) is 5.43. The molecule has 0 aromatic carbocycles. The van der Waals surface area contributed by atoms with E-state index in [0.29, 0.717) is 0 Å². The SMILES string of the molecule is O=C1CCC(C(=O)OCC(=O)NC23CC4CC(CC(C4)C2)C3)=NN1. The molecule has 4 bridgehead atoms. The molecule has 0 spiro atoms. The van der Waals surface area contributed by atoms with Crippen LogP contribution in [0.15, 0.2) is 5.10 Å². The summed E-state index contributed by atoms with van der Waals surface area (Å²) >= 11 is 0. The standard InChI is InChI=1S/C17H23N3O4/c21-14-2-1-13(19-20-14)16(23)24-9-15(22)18-17-6-10-3-11(7-17)5-12(4-10)8-17/h10-12H,1-9H2,(H,18,22)(H,20,21). The number of hydrogen-bond donors (Lipinski definition) is 2. The maximum Gasteiger partial charge on any atom is 0.355 e. The molecule has 24 heavy (non-hydrogen) atoms. The lowest BCUT2D eigenvalue weighted by Crippen LogP contribution is -2.60. The summed E-state index contributed by atoms with van der Waals surface area (Å²) in [5.74, 6) is 1.17. The monoisotopic (exact) mass is 333 g/mol. The largest absolute Gasteiger partial charge is 0.451 e. The number of rotatable bonds is 4. The number of amides is 2. The van der Waals surface area contributed by atoms with E-state index in [1.807, 2.05) is 0 Å². The van der Waals surface area contributed by atoms with Crippen molar-refractivity contribution in [3.63, 3.8) is 0 Å². The maximum absolute atomic E-state index is 12.3. The fraction of sp³-hybridized carbons (Fsp3) is 0.765. The van der Waals surface area contributed by atoms with E-state index < -0.39 is 5.97 Å². The van der Waals surface area contributed by atoms with E-state index in [9.17, 15) is 14.4 Å². The summed E-state index contributed by atoms with van der Waals surface area (Å²) < 4.78 is 5.06. The van der Waals surface area contributed by atoms with Crippen LogP contribution in [-0.2, 0) is 19.1 Å². The Hall–Kier alpha value is -1.92. The van der Waals surface area contributed by atoms with Crippen molar-refractivity contribution in [1.29, 1.82) is 0 Å². The molecule has 0 aromatic heterocycles. The minimum absolute atomic E-state index is 0.0748. The second-order valence-corrected chi connectivity index (χ2v) is 7.92. The van der Waals surface area contributed by atoms with Gasteiger partial charge in [0.15, 0.2) is 6.61 Å². The fourth-order valence-corrected chi connectivity index (χ4v) is 5.43. The Labute approximate surface area is 140 Å². The lowest BCUT2D eigenvalue weighted by molar-refractivity contribution is -0.144. The highest BCUT2D eigenvalue weighted by Crippen LogP contribution is 2.55. The maximum atomic E-state index is 12.3. The molecule has 0 atom stereocenters. The average molecular weight is 333 g/mol. The smallest absolute Gasteiger partial charge is 0.355 e. The quantitative estimate of drug-likeness (QED) is 0.746. The van der Waals surface area contributed by atoms with Crippen molar-refractivity contribution in [2.24, 2.45) is 22.9 Å². The lowest BCUT2D eigenvalue weighted by Gasteiger charge is -2.56. The number of ether oxygens (including phenoxy) is 1. The Morgan fingerprint density at radius 1 is 1.12 bits per heavy atom. The molecule has 4 fully saturated rings. The molecular weight excluding hydrogens is 310 g/mol. The predicted octanol–water partition coefficient (Wildman–Crippen LogP) is 0.881. The third kappa shape index (κ3) is 3.03. The van der Waals surface area contributed by atoms with Crippen molar-refractivity contribution in [2.75, 3.05) is 6.61 Å². The summed E-state index contributed by atoms with van der Waals surface area (Å²) in [6.45, 7) is -0.284. The number of nitrogens with one attached hydrogen (secondary N) is 2. The normalized spacial score (nSPS) is 36.8. The van der Waals surface area contributed by atoms with Gasteiger partial charge in [0.1, 0.15) is 5.71 Å². The van der Waals surface area contributed by atoms with E-state index in [1.165, 1.54) is 19.3 Å². The van der Waals surface area contributed by atoms with Crippen LogP contribution in [-0.4, -0.2) is 35.6 Å². The van der Waals surface area contributed by atoms with Crippen molar-refractivity contribution < 1.29 is 19.1 Å². The molecule has 2 amide bonds. The van der Waals surface area contributed by atoms with Crippen LogP contribution in [0.25, 0.3) is 0 Å². The van der Waals surface area contributed by atoms with Crippen molar-refractivity contribution in [3.05, 3.63) is 0 Å². The first kappa shape index (κ1) is 15.6. The summed E-state index contributed by atoms with van der Waals surface area (Å²) in [5.41, 5.74) is 2.34. The number of carbonyl (C=O) groups is 3. The average Bonchev–Trinajstić information content (AvgIpc) is 2.51. The van der Waals surface area contributed by atoms with E-state index >= 15 is 0 Å². The summed E-state index contributed by atoms with van der Waals surface area (Å²) in [7, 11) is 0. The summed E-state index contributed by atoms with van der Waals surface area (Å²) in [4.78, 5) is 35.2. The molecule has 7 heteroatoms. The first-order valence-corrected chi connectivity index (χ1v) is 8.85. The Balaban J connectivity index is 1.29. The molecular formula is C17H23N3O4. The molecule has 0 radical (unpaired) electrons. The van der Waals surface area contributed by atoms with Crippen LogP contribution in [0.1, 0.15) is 51.4 Å². The molecule has 5 aliphatic rings. The number of carbonyl (C=O) groups excluding carboxylic acids is 3. The topological polar surface area (TPSA) is 96.9 Å². The van der Waals surface area contributed by atoms with Gasteiger partial charge >= 0.3 is 5.97 Å². The van der Waals surface area contributed by atoms with E-state index in [-0.39, 0.29) is 42.5 Å². The molecule has 5 rings (SSSR count). The molecule has 1 heterocycles. The third-order valence-corrected chi connectivity index (χ3v) is 5.92. The summed E-state index contributed by atoms with van der Waals surface area (Å²) in [6, 6.07) is 0. The molecule has 4 saturated carbocycles. The van der Waals surface area contributed by atoms with Gasteiger partial charge in [-0.1, -0.05) is 0 Å². The first-order valence-electron chi connectivity index (χ1n) is 8.85. The third-order valence-electron chi connectivity index (χ3n) is 5.92. The van der Waals surface area contributed by atoms with Crippen molar-refractivity contribution >= 4 is 23.5 Å². The van der Waals surface area contributed by atoms with E-state index in [0.717, 1.165) is 37.0 Å². The minimum atomic E-state index is -0.629. The van der Waals surface area contributed by atoms with Gasteiger partial charge in [-0.05, 0) is 56.3 Å². The van der Waals surface area contributed by atoms with Gasteiger partial charge in [-0.2, -0.15) is 5.10 Å². The van der Waals surface area contributed by atoms with Crippen LogP contribution in [0.5, 0.6) is 0 Å².